The van der Waals surface area contributed by atoms with Gasteiger partial charge in [0.15, 0.2) is 0 Å². The molecule has 146 valence electrons. The van der Waals surface area contributed by atoms with E-state index in [2.05, 4.69) is 43.1 Å². The summed E-state index contributed by atoms with van der Waals surface area (Å²) in [5, 5.41) is 2.51. The summed E-state index contributed by atoms with van der Waals surface area (Å²) in [5.74, 6) is 1.30. The molecule has 0 saturated carbocycles. The number of nitrogens with one attached hydrogen (secondary N) is 1. The van der Waals surface area contributed by atoms with Gasteiger partial charge < -0.3 is 4.74 Å². The molecule has 2 aromatic carbocycles. The molecular weight excluding hydrogens is 527 g/mol. The van der Waals surface area contributed by atoms with Gasteiger partial charge in [-0.05, 0) is 73.8 Å². The molecule has 4 amide bonds. The highest BCUT2D eigenvalue weighted by molar-refractivity contribution is 9.11. The monoisotopic (exact) mass is 536 g/mol. The fourth-order valence-electron chi connectivity index (χ4n) is 2.59. The van der Waals surface area contributed by atoms with E-state index in [1.165, 1.54) is 12.1 Å². The Labute approximate surface area is 188 Å². The molecule has 0 atom stereocenters. The maximum absolute atomic E-state index is 12.9. The predicted molar refractivity (Wildman–Crippen MR) is 117 cm³/mol. The highest BCUT2D eigenvalue weighted by Gasteiger charge is 2.36. The summed E-state index contributed by atoms with van der Waals surface area (Å²) >= 11 is 12.7. The minimum absolute atomic E-state index is 0.0786. The van der Waals surface area contributed by atoms with Gasteiger partial charge >= 0.3 is 6.03 Å². The number of anilines is 1. The zero-order chi connectivity index (χ0) is 21.1. The standard InChI is InChI=1S/C20H11Br2ClN2O4/c1-2-6-29-17-15(21)8-11(9-16(17)22)7-14-18(26)24-20(28)25(19(14)27)13-5-3-4-12(23)10-13/h1,3-5,7-10H,6H2,(H,24,26,28)/b14-7+. The van der Waals surface area contributed by atoms with Crippen LogP contribution in [0.25, 0.3) is 6.08 Å². The Morgan fingerprint density at radius 1 is 1.17 bits per heavy atom. The smallest absolute Gasteiger partial charge is 0.335 e. The lowest BCUT2D eigenvalue weighted by Crippen LogP contribution is -2.54. The summed E-state index contributed by atoms with van der Waals surface area (Å²) in [5.41, 5.74) is 0.565. The van der Waals surface area contributed by atoms with Gasteiger partial charge in [-0.1, -0.05) is 23.6 Å². The number of halogens is 3. The second kappa shape index (κ2) is 8.82. The Bertz CT molecular complexity index is 1080. The Balaban J connectivity index is 2.00. The number of hydrogen-bond acceptors (Lipinski definition) is 4. The third-order valence-corrected chi connectivity index (χ3v) is 5.21. The molecule has 1 fully saturated rings. The van der Waals surface area contributed by atoms with Crippen molar-refractivity contribution in [3.05, 3.63) is 61.5 Å². The molecule has 0 aliphatic carbocycles. The molecule has 0 unspecified atom stereocenters. The molecule has 2 aromatic rings. The van der Waals surface area contributed by atoms with Gasteiger partial charge in [0.25, 0.3) is 11.8 Å². The largest absolute Gasteiger partial charge is 0.479 e. The number of barbiturate groups is 1. The van der Waals surface area contributed by atoms with E-state index in [0.29, 0.717) is 25.3 Å². The lowest BCUT2D eigenvalue weighted by atomic mass is 10.1. The Morgan fingerprint density at radius 2 is 1.86 bits per heavy atom. The molecule has 0 aromatic heterocycles. The molecule has 0 radical (unpaired) electrons. The first-order chi connectivity index (χ1) is 13.8. The Hall–Kier alpha value is -2.60. The van der Waals surface area contributed by atoms with Crippen LogP contribution in [0.15, 0.2) is 50.9 Å². The summed E-state index contributed by atoms with van der Waals surface area (Å²) in [7, 11) is 0. The molecule has 1 aliphatic heterocycles. The number of rotatable bonds is 4. The number of nitrogens with zero attached hydrogens (tertiary/aromatic N) is 1. The number of carbonyl (C=O) groups excluding carboxylic acids is 3. The van der Waals surface area contributed by atoms with Crippen LogP contribution in [-0.2, 0) is 9.59 Å². The zero-order valence-electron chi connectivity index (χ0n) is 14.5. The van der Waals surface area contributed by atoms with Crippen molar-refractivity contribution in [3.8, 4) is 18.1 Å². The van der Waals surface area contributed by atoms with E-state index in [4.69, 9.17) is 22.8 Å². The number of terminal acetylenes is 1. The number of imide groups is 2. The quantitative estimate of drug-likeness (QED) is 0.352. The number of ether oxygens (including phenoxy) is 1. The first-order valence-electron chi connectivity index (χ1n) is 8.04. The molecule has 0 spiro atoms. The predicted octanol–water partition coefficient (Wildman–Crippen LogP) is 4.54. The summed E-state index contributed by atoms with van der Waals surface area (Å²) in [6, 6.07) is 8.67. The Morgan fingerprint density at radius 3 is 2.48 bits per heavy atom. The van der Waals surface area contributed by atoms with Gasteiger partial charge in [0.1, 0.15) is 17.9 Å². The number of amides is 4. The van der Waals surface area contributed by atoms with Gasteiger partial charge in [0, 0.05) is 5.02 Å². The minimum Gasteiger partial charge on any atom is -0.479 e. The zero-order valence-corrected chi connectivity index (χ0v) is 18.5. The SMILES string of the molecule is C#CCOc1c(Br)cc(/C=C2\C(=O)NC(=O)N(c3cccc(Cl)c3)C2=O)cc1Br. The number of benzene rings is 2. The van der Waals surface area contributed by atoms with E-state index in [1.54, 1.807) is 30.3 Å². The maximum atomic E-state index is 12.9. The van der Waals surface area contributed by atoms with Crippen LogP contribution in [0.1, 0.15) is 5.56 Å². The van der Waals surface area contributed by atoms with Crippen LogP contribution in [-0.4, -0.2) is 24.5 Å². The fraction of sp³-hybridized carbons (Fsp3) is 0.0500. The lowest BCUT2D eigenvalue weighted by Gasteiger charge is -2.26. The van der Waals surface area contributed by atoms with Crippen LogP contribution in [0.4, 0.5) is 10.5 Å². The molecule has 3 rings (SSSR count). The van der Waals surface area contributed by atoms with Crippen LogP contribution in [0, 0.1) is 12.3 Å². The van der Waals surface area contributed by atoms with Crippen molar-refractivity contribution in [3.63, 3.8) is 0 Å². The van der Waals surface area contributed by atoms with Gasteiger partial charge in [0.05, 0.1) is 14.6 Å². The molecule has 1 aliphatic rings. The fourth-order valence-corrected chi connectivity index (χ4v) is 4.22. The van der Waals surface area contributed by atoms with Crippen LogP contribution >= 0.6 is 43.5 Å². The average molecular weight is 539 g/mol. The van der Waals surface area contributed by atoms with Crippen molar-refractivity contribution in [2.75, 3.05) is 11.5 Å². The van der Waals surface area contributed by atoms with E-state index in [-0.39, 0.29) is 17.9 Å². The van der Waals surface area contributed by atoms with Gasteiger partial charge in [-0.3, -0.25) is 14.9 Å². The van der Waals surface area contributed by atoms with E-state index in [1.807, 2.05) is 0 Å². The highest BCUT2D eigenvalue weighted by atomic mass is 79.9. The number of carbonyl (C=O) groups is 3. The van der Waals surface area contributed by atoms with Crippen molar-refractivity contribution in [1.29, 1.82) is 0 Å². The lowest BCUT2D eigenvalue weighted by molar-refractivity contribution is -0.122. The first-order valence-corrected chi connectivity index (χ1v) is 10.0. The van der Waals surface area contributed by atoms with Gasteiger partial charge in [0.2, 0.25) is 0 Å². The van der Waals surface area contributed by atoms with Gasteiger partial charge in [-0.15, -0.1) is 6.42 Å². The number of hydrogen-bond donors (Lipinski definition) is 1. The summed E-state index contributed by atoms with van der Waals surface area (Å²) in [4.78, 5) is 38.3. The van der Waals surface area contributed by atoms with E-state index in [9.17, 15) is 14.4 Å². The van der Waals surface area contributed by atoms with Crippen LogP contribution in [0.2, 0.25) is 5.02 Å². The number of urea groups is 1. The molecule has 29 heavy (non-hydrogen) atoms. The second-order valence-electron chi connectivity index (χ2n) is 5.74. The topological polar surface area (TPSA) is 75.7 Å². The van der Waals surface area contributed by atoms with Crippen molar-refractivity contribution in [1.82, 2.24) is 5.32 Å². The molecule has 1 saturated heterocycles. The minimum atomic E-state index is -0.847. The van der Waals surface area contributed by atoms with Gasteiger partial charge in [-0.2, -0.15) is 0 Å². The van der Waals surface area contributed by atoms with E-state index >= 15 is 0 Å². The summed E-state index contributed by atoms with van der Waals surface area (Å²) < 4.78 is 6.58. The third-order valence-electron chi connectivity index (χ3n) is 3.80. The maximum Gasteiger partial charge on any atom is 0.335 e. The van der Waals surface area contributed by atoms with Crippen LogP contribution in [0.3, 0.4) is 0 Å². The molecule has 9 heteroatoms. The van der Waals surface area contributed by atoms with E-state index < -0.39 is 17.8 Å². The Kier molecular flexibility index (Phi) is 6.42. The molecule has 0 bridgehead atoms. The van der Waals surface area contributed by atoms with E-state index in [0.717, 1.165) is 4.90 Å². The molecular formula is C20H11Br2ClN2O4. The summed E-state index contributed by atoms with van der Waals surface area (Å²) in [6.07, 6.45) is 6.58. The molecule has 1 heterocycles. The average Bonchev–Trinajstić information content (AvgIpc) is 2.64. The third kappa shape index (κ3) is 4.53. The van der Waals surface area contributed by atoms with Crippen molar-refractivity contribution >= 4 is 73.1 Å². The van der Waals surface area contributed by atoms with Crippen molar-refractivity contribution in [2.24, 2.45) is 0 Å². The van der Waals surface area contributed by atoms with Crippen molar-refractivity contribution < 1.29 is 19.1 Å². The normalized spacial score (nSPS) is 15.3. The van der Waals surface area contributed by atoms with Crippen LogP contribution < -0.4 is 15.0 Å². The van der Waals surface area contributed by atoms with Crippen LogP contribution in [0.5, 0.6) is 5.75 Å². The first kappa shape index (κ1) is 21.1. The molecule has 6 nitrogen and oxygen atoms in total. The molecule has 1 N–H and O–H groups in total. The summed E-state index contributed by atoms with van der Waals surface area (Å²) in [6.45, 7) is 0.0786. The second-order valence-corrected chi connectivity index (χ2v) is 7.89. The van der Waals surface area contributed by atoms with Crippen molar-refractivity contribution in [2.45, 2.75) is 0 Å². The van der Waals surface area contributed by atoms with Gasteiger partial charge in [-0.25, -0.2) is 9.69 Å². The highest BCUT2D eigenvalue weighted by Crippen LogP contribution is 2.35.